The van der Waals surface area contributed by atoms with Crippen LogP contribution >= 0.6 is 0 Å². The summed E-state index contributed by atoms with van der Waals surface area (Å²) in [5.74, 6) is -1.74. The number of hydrogen-bond donors (Lipinski definition) is 1. The number of hydrogen-bond acceptors (Lipinski definition) is 5. The summed E-state index contributed by atoms with van der Waals surface area (Å²) < 4.78 is 43.1. The number of nitrogens with one attached hydrogen (secondary N) is 1. The lowest BCUT2D eigenvalue weighted by molar-refractivity contribution is -0.142. The molecule has 2 saturated heterocycles. The molecule has 2 aliphatic rings. The van der Waals surface area contributed by atoms with E-state index in [9.17, 15) is 27.6 Å². The molecule has 9 nitrogen and oxygen atoms in total. The van der Waals surface area contributed by atoms with Gasteiger partial charge in [0.15, 0.2) is 0 Å². The summed E-state index contributed by atoms with van der Waals surface area (Å²) in [6, 6.07) is 0. The molecule has 3 amide bonds. The van der Waals surface area contributed by atoms with Crippen LogP contribution in [0.25, 0.3) is 0 Å². The number of anilines is 1. The molecular weight excluding hydrogens is 383 g/mol. The Kier molecular flexibility index (Phi) is 5.87. The molecule has 1 atom stereocenters. The maximum atomic E-state index is 12.4. The van der Waals surface area contributed by atoms with Gasteiger partial charge in [0.1, 0.15) is 6.54 Å². The van der Waals surface area contributed by atoms with E-state index >= 15 is 0 Å². The molecule has 0 bridgehead atoms. The Hall–Kier alpha value is -2.63. The van der Waals surface area contributed by atoms with Crippen molar-refractivity contribution < 1.29 is 32.3 Å². The Balaban J connectivity index is 1.52. The van der Waals surface area contributed by atoms with Crippen molar-refractivity contribution in [2.24, 2.45) is 5.92 Å². The molecule has 0 saturated carbocycles. The maximum Gasteiger partial charge on any atom is 0.408 e. The molecule has 0 radical (unpaired) electrons. The van der Waals surface area contributed by atoms with Crippen LogP contribution in [0.1, 0.15) is 6.42 Å². The number of ether oxygens (including phenoxy) is 1. The van der Waals surface area contributed by atoms with Gasteiger partial charge in [0.05, 0.1) is 37.6 Å². The van der Waals surface area contributed by atoms with Gasteiger partial charge in [0, 0.05) is 32.3 Å². The Morgan fingerprint density at radius 3 is 2.68 bits per heavy atom. The molecular formula is C16H20F3N5O4. The van der Waals surface area contributed by atoms with Crippen LogP contribution < -0.4 is 10.2 Å². The second-order valence-corrected chi connectivity index (χ2v) is 6.63. The van der Waals surface area contributed by atoms with Gasteiger partial charge in [-0.15, -0.1) is 0 Å². The van der Waals surface area contributed by atoms with Crippen molar-refractivity contribution in [3.05, 3.63) is 12.4 Å². The third-order valence-electron chi connectivity index (χ3n) is 4.55. The van der Waals surface area contributed by atoms with Crippen LogP contribution in [-0.2, 0) is 25.7 Å². The van der Waals surface area contributed by atoms with Gasteiger partial charge in [-0.25, -0.2) is 0 Å². The Bertz CT molecular complexity index is 745. The highest BCUT2D eigenvalue weighted by Crippen LogP contribution is 2.26. The molecule has 1 unspecified atom stereocenters. The van der Waals surface area contributed by atoms with Crippen LogP contribution in [0.5, 0.6) is 0 Å². The average Bonchev–Trinajstić information content (AvgIpc) is 3.25. The summed E-state index contributed by atoms with van der Waals surface area (Å²) in [5, 5.41) is 6.13. The molecule has 3 rings (SSSR count). The number of amides is 3. The van der Waals surface area contributed by atoms with E-state index in [0.29, 0.717) is 31.0 Å². The predicted octanol–water partition coefficient (Wildman–Crippen LogP) is -0.227. The van der Waals surface area contributed by atoms with Crippen molar-refractivity contribution in [2.75, 3.05) is 44.3 Å². The van der Waals surface area contributed by atoms with Crippen LogP contribution in [0.4, 0.5) is 18.9 Å². The zero-order valence-corrected chi connectivity index (χ0v) is 14.9. The van der Waals surface area contributed by atoms with E-state index in [4.69, 9.17) is 4.74 Å². The number of nitrogens with zero attached hydrogens (tertiary/aromatic N) is 4. The lowest BCUT2D eigenvalue weighted by atomic mass is 10.1. The fraction of sp³-hybridized carbons (Fsp3) is 0.625. The number of aromatic nitrogens is 2. The number of morpholine rings is 1. The van der Waals surface area contributed by atoms with E-state index in [2.05, 4.69) is 10.4 Å². The van der Waals surface area contributed by atoms with Crippen LogP contribution in [0.3, 0.4) is 0 Å². The minimum Gasteiger partial charge on any atom is -0.378 e. The Morgan fingerprint density at radius 1 is 1.29 bits per heavy atom. The third-order valence-corrected chi connectivity index (χ3v) is 4.55. The summed E-state index contributed by atoms with van der Waals surface area (Å²) in [4.78, 5) is 39.3. The van der Waals surface area contributed by atoms with Crippen LogP contribution in [0.2, 0.25) is 0 Å². The van der Waals surface area contributed by atoms with E-state index in [-0.39, 0.29) is 37.0 Å². The van der Waals surface area contributed by atoms with Crippen LogP contribution in [-0.4, -0.2) is 78.0 Å². The zero-order valence-electron chi connectivity index (χ0n) is 14.9. The molecule has 1 aromatic heterocycles. The average molecular weight is 403 g/mol. The predicted molar refractivity (Wildman–Crippen MR) is 89.2 cm³/mol. The third kappa shape index (κ3) is 5.00. The van der Waals surface area contributed by atoms with Crippen LogP contribution in [0.15, 0.2) is 12.4 Å². The topological polar surface area (TPSA) is 96.8 Å². The molecule has 12 heteroatoms. The van der Waals surface area contributed by atoms with E-state index in [1.165, 1.54) is 4.90 Å². The highest BCUT2D eigenvalue weighted by molar-refractivity contribution is 6.00. The first-order chi connectivity index (χ1) is 13.2. The maximum absolute atomic E-state index is 12.4. The quantitative estimate of drug-likeness (QED) is 0.733. The van der Waals surface area contributed by atoms with Crippen molar-refractivity contribution in [1.82, 2.24) is 20.0 Å². The van der Waals surface area contributed by atoms with Gasteiger partial charge in [0.25, 0.3) is 0 Å². The lowest BCUT2D eigenvalue weighted by Gasteiger charge is -2.27. The van der Waals surface area contributed by atoms with Gasteiger partial charge in [0.2, 0.25) is 17.7 Å². The van der Waals surface area contributed by atoms with Crippen molar-refractivity contribution in [2.45, 2.75) is 19.1 Å². The van der Waals surface area contributed by atoms with Gasteiger partial charge in [-0.2, -0.15) is 18.3 Å². The van der Waals surface area contributed by atoms with E-state index in [1.54, 1.807) is 4.90 Å². The monoisotopic (exact) mass is 403 g/mol. The molecule has 154 valence electrons. The van der Waals surface area contributed by atoms with Crippen molar-refractivity contribution in [3.8, 4) is 0 Å². The number of carbonyl (C=O) groups is 3. The molecule has 0 spiro atoms. The molecule has 28 heavy (non-hydrogen) atoms. The summed E-state index contributed by atoms with van der Waals surface area (Å²) in [6.07, 6.45) is -2.23. The second kappa shape index (κ2) is 8.17. The van der Waals surface area contributed by atoms with Gasteiger partial charge in [-0.1, -0.05) is 0 Å². The molecule has 0 aromatic carbocycles. The summed E-state index contributed by atoms with van der Waals surface area (Å²) in [6.45, 7) is 0.421. The number of alkyl halides is 3. The van der Waals surface area contributed by atoms with E-state index < -0.39 is 24.5 Å². The van der Waals surface area contributed by atoms with Gasteiger partial charge in [-0.05, 0) is 0 Å². The van der Waals surface area contributed by atoms with Gasteiger partial charge >= 0.3 is 6.18 Å². The normalized spacial score (nSPS) is 20.5. The Morgan fingerprint density at radius 2 is 2.00 bits per heavy atom. The van der Waals surface area contributed by atoms with Crippen molar-refractivity contribution in [3.63, 3.8) is 0 Å². The highest BCUT2D eigenvalue weighted by atomic mass is 19.4. The van der Waals surface area contributed by atoms with Crippen molar-refractivity contribution >= 4 is 23.4 Å². The summed E-state index contributed by atoms with van der Waals surface area (Å²) in [5.41, 5.74) is 0.203. The minimum absolute atomic E-state index is 0.0219. The highest BCUT2D eigenvalue weighted by Gasteiger charge is 2.36. The largest absolute Gasteiger partial charge is 0.408 e. The number of rotatable bonds is 5. The SMILES string of the molecule is O=C(NCC(=O)N1CCOCC1)C1CC(=O)N(c2cnn(CC(F)(F)F)c2)C1. The molecule has 1 aromatic rings. The molecule has 2 fully saturated rings. The molecule has 0 aliphatic carbocycles. The molecule has 1 N–H and O–H groups in total. The second-order valence-electron chi connectivity index (χ2n) is 6.63. The van der Waals surface area contributed by atoms with E-state index in [1.807, 2.05) is 0 Å². The smallest absolute Gasteiger partial charge is 0.378 e. The van der Waals surface area contributed by atoms with Crippen molar-refractivity contribution in [1.29, 1.82) is 0 Å². The summed E-state index contributed by atoms with van der Waals surface area (Å²) in [7, 11) is 0. The lowest BCUT2D eigenvalue weighted by Crippen LogP contribution is -2.46. The molecule has 3 heterocycles. The first-order valence-corrected chi connectivity index (χ1v) is 8.76. The number of halogens is 3. The first kappa shape index (κ1) is 20.1. The van der Waals surface area contributed by atoms with Crippen LogP contribution in [0, 0.1) is 5.92 Å². The fourth-order valence-corrected chi connectivity index (χ4v) is 3.13. The minimum atomic E-state index is -4.42. The number of carbonyl (C=O) groups excluding carboxylic acids is 3. The zero-order chi connectivity index (χ0) is 20.3. The fourth-order valence-electron chi connectivity index (χ4n) is 3.13. The Labute approximate surface area is 158 Å². The van der Waals surface area contributed by atoms with Gasteiger partial charge < -0.3 is 19.9 Å². The van der Waals surface area contributed by atoms with E-state index in [0.717, 1.165) is 12.4 Å². The standard InChI is InChI=1S/C16H20F3N5O4/c17-16(18,19)10-23-9-12(6-21-23)24-8-11(5-13(24)25)15(27)20-7-14(26)22-1-3-28-4-2-22/h6,9,11H,1-5,7-8,10H2,(H,20,27). The first-order valence-electron chi connectivity index (χ1n) is 8.76. The van der Waals surface area contributed by atoms with Gasteiger partial charge in [-0.3, -0.25) is 19.1 Å². The summed E-state index contributed by atoms with van der Waals surface area (Å²) >= 11 is 0. The molecule has 2 aliphatic heterocycles.